The van der Waals surface area contributed by atoms with Crippen LogP contribution < -0.4 is 21.3 Å². The van der Waals surface area contributed by atoms with Gasteiger partial charge in [0.15, 0.2) is 5.69 Å². The van der Waals surface area contributed by atoms with E-state index in [-0.39, 0.29) is 11.7 Å². The molecule has 0 radical (unpaired) electrons. The maximum Gasteiger partial charge on any atom is 0.292 e. The van der Waals surface area contributed by atoms with Crippen LogP contribution in [0.2, 0.25) is 5.02 Å². The molecule has 4 N–H and O–H groups in total. The number of amides is 1. The first kappa shape index (κ1) is 22.7. The predicted molar refractivity (Wildman–Crippen MR) is 120 cm³/mol. The van der Waals surface area contributed by atoms with Crippen LogP contribution in [0.3, 0.4) is 0 Å². The van der Waals surface area contributed by atoms with E-state index in [4.69, 9.17) is 21.8 Å². The van der Waals surface area contributed by atoms with Crippen molar-refractivity contribution < 1.29 is 13.8 Å². The number of nitrogens with two attached hydrogens (primary N) is 1. The van der Waals surface area contributed by atoms with Crippen molar-refractivity contribution in [2.45, 2.75) is 19.9 Å². The normalized spacial score (nSPS) is 16.1. The molecule has 1 aliphatic rings. The summed E-state index contributed by atoms with van der Waals surface area (Å²) in [5, 5.41) is 6.45. The Labute approximate surface area is 184 Å². The van der Waals surface area contributed by atoms with Crippen LogP contribution in [0, 0.1) is 0 Å². The van der Waals surface area contributed by atoms with Crippen LogP contribution in [0.25, 0.3) is 0 Å². The average Bonchev–Trinajstić information content (AvgIpc) is 3.16. The summed E-state index contributed by atoms with van der Waals surface area (Å²) in [6, 6.07) is 5.79. The number of hydrogen-bond acceptors (Lipinski definition) is 8. The molecule has 9 nitrogen and oxygen atoms in total. The lowest BCUT2D eigenvalue weighted by Crippen LogP contribution is -2.50. The van der Waals surface area contributed by atoms with Gasteiger partial charge in [-0.05, 0) is 18.2 Å². The van der Waals surface area contributed by atoms with Crippen molar-refractivity contribution in [1.29, 1.82) is 0 Å². The molecule has 1 aromatic heterocycles. The lowest BCUT2D eigenvalue weighted by atomic mass is 10.2. The van der Waals surface area contributed by atoms with Crippen LogP contribution in [0.4, 0.5) is 17.4 Å². The summed E-state index contributed by atoms with van der Waals surface area (Å²) >= 11 is 5.26. The Morgan fingerprint density at radius 1 is 1.37 bits per heavy atom. The molecule has 11 heteroatoms. The van der Waals surface area contributed by atoms with Gasteiger partial charge in [0.05, 0.1) is 23.8 Å². The van der Waals surface area contributed by atoms with Crippen LogP contribution in [-0.4, -0.2) is 64.3 Å². The monoisotopic (exact) mass is 454 g/mol. The number of hydrogen-bond donors (Lipinski definition) is 3. The summed E-state index contributed by atoms with van der Waals surface area (Å²) in [5.74, 6) is 0.159. The summed E-state index contributed by atoms with van der Waals surface area (Å²) in [7, 11) is 0. The van der Waals surface area contributed by atoms with Gasteiger partial charge in [-0.1, -0.05) is 25.4 Å². The highest BCUT2D eigenvalue weighted by atomic mass is 35.5. The quantitative estimate of drug-likeness (QED) is 0.517. The minimum Gasteiger partial charge on any atom is -0.598 e. The molecular weight excluding hydrogens is 428 g/mol. The number of anilines is 3. The lowest BCUT2D eigenvalue weighted by molar-refractivity contribution is 0.102. The third-order valence-electron chi connectivity index (χ3n) is 4.67. The molecule has 1 atom stereocenters. The number of rotatable bonds is 8. The molecule has 1 unspecified atom stereocenters. The van der Waals surface area contributed by atoms with Gasteiger partial charge in [0, 0.05) is 42.7 Å². The Morgan fingerprint density at radius 2 is 2.10 bits per heavy atom. The van der Waals surface area contributed by atoms with Gasteiger partial charge in [0.1, 0.15) is 12.0 Å². The van der Waals surface area contributed by atoms with E-state index in [0.29, 0.717) is 35.6 Å². The topological polar surface area (TPSA) is 123 Å². The summed E-state index contributed by atoms with van der Waals surface area (Å²) in [4.78, 5) is 18.3. The van der Waals surface area contributed by atoms with Gasteiger partial charge in [-0.15, -0.1) is 4.31 Å². The number of piperazine rings is 1. The second-order valence-corrected chi connectivity index (χ2v) is 9.21. The van der Waals surface area contributed by atoms with Crippen LogP contribution >= 0.6 is 11.6 Å². The number of benzene rings is 1. The van der Waals surface area contributed by atoms with E-state index in [2.05, 4.69) is 34.4 Å². The Hall–Kier alpha value is -1.98. The molecule has 0 bridgehead atoms. The summed E-state index contributed by atoms with van der Waals surface area (Å²) < 4.78 is 19.3. The first-order valence-corrected chi connectivity index (χ1v) is 11.4. The highest BCUT2D eigenvalue weighted by Gasteiger charge is 2.26. The first-order valence-electron chi connectivity index (χ1n) is 9.77. The molecule has 1 aromatic carbocycles. The van der Waals surface area contributed by atoms with E-state index in [1.165, 1.54) is 6.26 Å². The van der Waals surface area contributed by atoms with E-state index in [9.17, 15) is 9.35 Å². The molecule has 1 saturated heterocycles. The van der Waals surface area contributed by atoms with Crippen LogP contribution in [0.1, 0.15) is 24.3 Å². The fourth-order valence-corrected chi connectivity index (χ4v) is 4.38. The lowest BCUT2D eigenvalue weighted by Gasteiger charge is -2.36. The molecule has 0 spiro atoms. The van der Waals surface area contributed by atoms with Crippen LogP contribution in [0.5, 0.6) is 0 Å². The number of carbonyl (C=O) groups excluding carboxylic acids is 1. The summed E-state index contributed by atoms with van der Waals surface area (Å²) in [6.07, 6.45) is 1.19. The van der Waals surface area contributed by atoms with E-state index < -0.39 is 17.3 Å². The molecule has 2 aromatic rings. The molecule has 164 valence electrons. The smallest absolute Gasteiger partial charge is 0.292 e. The number of halogens is 1. The molecule has 3 rings (SSSR count). The number of aromatic nitrogens is 1. The third kappa shape index (κ3) is 6.02. The molecule has 1 aliphatic heterocycles. The van der Waals surface area contributed by atoms with Crippen molar-refractivity contribution in [3.8, 4) is 0 Å². The number of nitrogens with zero attached hydrogens (tertiary/aromatic N) is 3. The van der Waals surface area contributed by atoms with Gasteiger partial charge in [-0.25, -0.2) is 0 Å². The van der Waals surface area contributed by atoms with Crippen LogP contribution in [0.15, 0.2) is 28.9 Å². The zero-order valence-electron chi connectivity index (χ0n) is 17.1. The van der Waals surface area contributed by atoms with Crippen molar-refractivity contribution in [3.63, 3.8) is 0 Å². The zero-order chi connectivity index (χ0) is 21.7. The average molecular weight is 455 g/mol. The molecule has 30 heavy (non-hydrogen) atoms. The van der Waals surface area contributed by atoms with Gasteiger partial charge in [0.2, 0.25) is 0 Å². The maximum absolute atomic E-state index is 12.5. The number of oxazole rings is 1. The molecule has 0 aliphatic carbocycles. The highest BCUT2D eigenvalue weighted by Crippen LogP contribution is 2.29. The maximum atomic E-state index is 12.5. The van der Waals surface area contributed by atoms with Gasteiger partial charge >= 0.3 is 0 Å². The minimum atomic E-state index is -0.989. The predicted octanol–water partition coefficient (Wildman–Crippen LogP) is 1.95. The Balaban J connectivity index is 1.57. The Morgan fingerprint density at radius 3 is 2.73 bits per heavy atom. The second kappa shape index (κ2) is 10.4. The van der Waals surface area contributed by atoms with Crippen molar-refractivity contribution >= 4 is 46.3 Å². The molecule has 1 fully saturated rings. The van der Waals surface area contributed by atoms with Crippen molar-refractivity contribution in [1.82, 2.24) is 14.6 Å². The number of carbonyl (C=O) groups is 1. The van der Waals surface area contributed by atoms with E-state index >= 15 is 0 Å². The molecule has 2 heterocycles. The Bertz CT molecular complexity index is 857. The number of nitrogen functional groups attached to an aromatic ring is 1. The number of nitrogens with one attached hydrogen (secondary N) is 2. The first-order chi connectivity index (χ1) is 14.3. The minimum absolute atomic E-state index is 0.0738. The van der Waals surface area contributed by atoms with Gasteiger partial charge in [0.25, 0.3) is 11.9 Å². The fourth-order valence-electron chi connectivity index (χ4n) is 3.10. The fraction of sp³-hybridized carbons (Fsp3) is 0.474. The van der Waals surface area contributed by atoms with Gasteiger partial charge in [-0.3, -0.25) is 4.79 Å². The Kier molecular flexibility index (Phi) is 7.84. The van der Waals surface area contributed by atoms with E-state index in [0.717, 1.165) is 25.3 Å². The standard InChI is InChI=1S/C19H27ClN6O3S/c1-13(2)22-5-10-30(28)26-8-6-25(7-9-26)14-3-4-15(20)16(11-14)23-18(27)17-12-29-19(21)24-17/h3-4,11-13,22H,5-10H2,1-2H3,(H2,21,24)(H,23,27). The van der Waals surface area contributed by atoms with E-state index in [1.807, 2.05) is 16.4 Å². The summed E-state index contributed by atoms with van der Waals surface area (Å²) in [5.41, 5.74) is 6.90. The highest BCUT2D eigenvalue weighted by molar-refractivity contribution is 7.89. The van der Waals surface area contributed by atoms with Gasteiger partial charge in [-0.2, -0.15) is 4.98 Å². The van der Waals surface area contributed by atoms with Crippen molar-refractivity contribution in [3.05, 3.63) is 35.2 Å². The van der Waals surface area contributed by atoms with Crippen LogP contribution in [-0.2, 0) is 11.4 Å². The van der Waals surface area contributed by atoms with E-state index in [1.54, 1.807) is 6.07 Å². The zero-order valence-corrected chi connectivity index (χ0v) is 18.6. The second-order valence-electron chi connectivity index (χ2n) is 7.24. The van der Waals surface area contributed by atoms with Crippen molar-refractivity contribution in [2.24, 2.45) is 0 Å². The van der Waals surface area contributed by atoms with Gasteiger partial charge < -0.3 is 30.2 Å². The molecular formula is C19H27ClN6O3S. The van der Waals surface area contributed by atoms with Crippen molar-refractivity contribution in [2.75, 3.05) is 54.4 Å². The SMILES string of the molecule is CC(C)NCC[S+]([O-])N1CCN(c2ccc(Cl)c(NC(=O)c3coc(N)n3)c2)CC1. The molecule has 1 amide bonds. The molecule has 0 saturated carbocycles. The largest absolute Gasteiger partial charge is 0.598 e. The summed E-state index contributed by atoms with van der Waals surface area (Å²) in [6.45, 7) is 7.77. The third-order valence-corrected chi connectivity index (χ3v) is 6.50.